The van der Waals surface area contributed by atoms with E-state index in [4.69, 9.17) is 0 Å². The number of halogens is 1. The van der Waals surface area contributed by atoms with Crippen LogP contribution in [0.15, 0.2) is 39.9 Å². The van der Waals surface area contributed by atoms with E-state index in [1.807, 2.05) is 19.9 Å². The van der Waals surface area contributed by atoms with Gasteiger partial charge in [0.15, 0.2) is 5.82 Å². The Bertz CT molecular complexity index is 690. The smallest absolute Gasteiger partial charge is 0.293 e. The highest BCUT2D eigenvalue weighted by Gasteiger charge is 2.11. The molecule has 1 N–H and O–H groups in total. The van der Waals surface area contributed by atoms with Gasteiger partial charge in [-0.3, -0.25) is 9.59 Å². The normalized spacial score (nSPS) is 10.3. The van der Waals surface area contributed by atoms with Crippen molar-refractivity contribution in [3.63, 3.8) is 0 Å². The van der Waals surface area contributed by atoms with Crippen molar-refractivity contribution in [1.82, 2.24) is 9.55 Å². The molecule has 20 heavy (non-hydrogen) atoms. The molecule has 6 heteroatoms. The molecule has 0 saturated heterocycles. The van der Waals surface area contributed by atoms with Gasteiger partial charge in [0.25, 0.3) is 11.5 Å². The molecule has 0 bridgehead atoms. The standard InChI is InChI=1S/C14H14BrN3O2/c1-3-18-5-4-16-12(14(18)20)17-13(19)10-6-9(2)7-11(15)8-10/h4-8H,3H2,1-2H3,(H,16,17,19). The Balaban J connectivity index is 2.30. The number of hydrogen-bond acceptors (Lipinski definition) is 3. The lowest BCUT2D eigenvalue weighted by atomic mass is 10.1. The van der Waals surface area contributed by atoms with Crippen LogP contribution in [0.4, 0.5) is 5.82 Å². The van der Waals surface area contributed by atoms with Gasteiger partial charge in [-0.2, -0.15) is 0 Å². The molecule has 0 aliphatic rings. The topological polar surface area (TPSA) is 64.0 Å². The molecule has 2 rings (SSSR count). The number of aryl methyl sites for hydroxylation is 2. The van der Waals surface area contributed by atoms with Crippen LogP contribution in [0.25, 0.3) is 0 Å². The van der Waals surface area contributed by atoms with Gasteiger partial charge >= 0.3 is 0 Å². The summed E-state index contributed by atoms with van der Waals surface area (Å²) >= 11 is 3.34. The molecule has 0 saturated carbocycles. The van der Waals surface area contributed by atoms with Crippen LogP contribution < -0.4 is 10.9 Å². The Hall–Kier alpha value is -1.95. The lowest BCUT2D eigenvalue weighted by Crippen LogP contribution is -2.26. The monoisotopic (exact) mass is 335 g/mol. The number of nitrogens with one attached hydrogen (secondary N) is 1. The molecule has 1 aromatic carbocycles. The summed E-state index contributed by atoms with van der Waals surface area (Å²) in [4.78, 5) is 28.0. The van der Waals surface area contributed by atoms with Gasteiger partial charge in [-0.25, -0.2) is 4.98 Å². The third-order valence-corrected chi connectivity index (χ3v) is 3.25. The zero-order chi connectivity index (χ0) is 14.7. The summed E-state index contributed by atoms with van der Waals surface area (Å²) in [5, 5.41) is 2.55. The summed E-state index contributed by atoms with van der Waals surface area (Å²) in [6.45, 7) is 4.28. The largest absolute Gasteiger partial charge is 0.311 e. The fourth-order valence-electron chi connectivity index (χ4n) is 1.83. The lowest BCUT2D eigenvalue weighted by Gasteiger charge is -2.07. The third kappa shape index (κ3) is 3.14. The van der Waals surface area contributed by atoms with Gasteiger partial charge in [0.05, 0.1) is 0 Å². The number of nitrogens with zero attached hydrogens (tertiary/aromatic N) is 2. The third-order valence-electron chi connectivity index (χ3n) is 2.79. The first-order chi connectivity index (χ1) is 9.51. The first-order valence-corrected chi connectivity index (χ1v) is 6.94. The molecule has 1 heterocycles. The Kier molecular flexibility index (Phi) is 4.34. The highest BCUT2D eigenvalue weighted by atomic mass is 79.9. The molecule has 2 aromatic rings. The number of anilines is 1. The van der Waals surface area contributed by atoms with Gasteiger partial charge in [0.2, 0.25) is 0 Å². The SMILES string of the molecule is CCn1ccnc(NC(=O)c2cc(C)cc(Br)c2)c1=O. The van der Waals surface area contributed by atoms with Gasteiger partial charge in [0, 0.05) is 29.0 Å². The molecular weight excluding hydrogens is 322 g/mol. The molecule has 1 aromatic heterocycles. The summed E-state index contributed by atoms with van der Waals surface area (Å²) in [5.41, 5.74) is 1.12. The van der Waals surface area contributed by atoms with E-state index in [0.717, 1.165) is 10.0 Å². The molecule has 104 valence electrons. The van der Waals surface area contributed by atoms with Crippen LogP contribution in [-0.2, 0) is 6.54 Å². The average molecular weight is 336 g/mol. The molecule has 0 fully saturated rings. The molecule has 0 aliphatic heterocycles. The van der Waals surface area contributed by atoms with Crippen LogP contribution in [0.1, 0.15) is 22.8 Å². The van der Waals surface area contributed by atoms with E-state index in [9.17, 15) is 9.59 Å². The summed E-state index contributed by atoms with van der Waals surface area (Å²) < 4.78 is 2.30. The van der Waals surface area contributed by atoms with E-state index >= 15 is 0 Å². The number of aromatic nitrogens is 2. The van der Waals surface area contributed by atoms with Crippen LogP contribution in [0.2, 0.25) is 0 Å². The minimum Gasteiger partial charge on any atom is -0.311 e. The maximum Gasteiger partial charge on any atom is 0.293 e. The van der Waals surface area contributed by atoms with E-state index in [1.165, 1.54) is 10.8 Å². The first-order valence-electron chi connectivity index (χ1n) is 6.15. The maximum atomic E-state index is 12.2. The second-order valence-corrected chi connectivity index (χ2v) is 5.25. The van der Waals surface area contributed by atoms with Crippen molar-refractivity contribution in [2.24, 2.45) is 0 Å². The first kappa shape index (κ1) is 14.5. The molecule has 0 radical (unpaired) electrons. The van der Waals surface area contributed by atoms with E-state index in [-0.39, 0.29) is 17.3 Å². The van der Waals surface area contributed by atoms with Crippen LogP contribution in [-0.4, -0.2) is 15.5 Å². The van der Waals surface area contributed by atoms with E-state index in [2.05, 4.69) is 26.2 Å². The molecule has 5 nitrogen and oxygen atoms in total. The van der Waals surface area contributed by atoms with E-state index in [0.29, 0.717) is 12.1 Å². The minimum atomic E-state index is -0.354. The summed E-state index contributed by atoms with van der Waals surface area (Å²) in [6.07, 6.45) is 3.08. The highest BCUT2D eigenvalue weighted by Crippen LogP contribution is 2.15. The van der Waals surface area contributed by atoms with Crippen molar-refractivity contribution >= 4 is 27.7 Å². The average Bonchev–Trinajstić information content (AvgIpc) is 2.40. The van der Waals surface area contributed by atoms with Crippen LogP contribution in [0.3, 0.4) is 0 Å². The zero-order valence-corrected chi connectivity index (χ0v) is 12.8. The second-order valence-electron chi connectivity index (χ2n) is 4.34. The number of rotatable bonds is 3. The fourth-order valence-corrected chi connectivity index (χ4v) is 2.44. The predicted molar refractivity (Wildman–Crippen MR) is 81.0 cm³/mol. The van der Waals surface area contributed by atoms with Gasteiger partial charge in [-0.05, 0) is 37.6 Å². The molecule has 0 unspecified atom stereocenters. The van der Waals surface area contributed by atoms with Crippen molar-refractivity contribution < 1.29 is 4.79 Å². The number of carbonyl (C=O) groups excluding carboxylic acids is 1. The van der Waals surface area contributed by atoms with Gasteiger partial charge in [0.1, 0.15) is 0 Å². The van der Waals surface area contributed by atoms with Gasteiger partial charge in [-0.1, -0.05) is 15.9 Å². The van der Waals surface area contributed by atoms with Crippen LogP contribution >= 0.6 is 15.9 Å². The van der Waals surface area contributed by atoms with Crippen molar-refractivity contribution in [3.8, 4) is 0 Å². The van der Waals surface area contributed by atoms with Gasteiger partial charge < -0.3 is 9.88 Å². The Morgan fingerprint density at radius 1 is 1.40 bits per heavy atom. The number of amides is 1. The predicted octanol–water partition coefficient (Wildman–Crippen LogP) is 2.59. The van der Waals surface area contributed by atoms with E-state index < -0.39 is 0 Å². The van der Waals surface area contributed by atoms with Crippen LogP contribution in [0.5, 0.6) is 0 Å². The minimum absolute atomic E-state index is 0.0389. The summed E-state index contributed by atoms with van der Waals surface area (Å²) in [6, 6.07) is 5.35. The zero-order valence-electron chi connectivity index (χ0n) is 11.2. The summed E-state index contributed by atoms with van der Waals surface area (Å²) in [7, 11) is 0. The van der Waals surface area contributed by atoms with Gasteiger partial charge in [-0.15, -0.1) is 0 Å². The maximum absolute atomic E-state index is 12.2. The van der Waals surface area contributed by atoms with Crippen molar-refractivity contribution in [3.05, 3.63) is 56.5 Å². The number of hydrogen-bond donors (Lipinski definition) is 1. The Labute approximate surface area is 124 Å². The second kappa shape index (κ2) is 6.00. The molecule has 1 amide bonds. The van der Waals surface area contributed by atoms with E-state index in [1.54, 1.807) is 18.3 Å². The Morgan fingerprint density at radius 2 is 2.15 bits per heavy atom. The molecule has 0 atom stereocenters. The fraction of sp³-hybridized carbons (Fsp3) is 0.214. The molecule has 0 aliphatic carbocycles. The quantitative estimate of drug-likeness (QED) is 0.937. The molecule has 0 spiro atoms. The number of benzene rings is 1. The molecular formula is C14H14BrN3O2. The van der Waals surface area contributed by atoms with Crippen molar-refractivity contribution in [2.45, 2.75) is 20.4 Å². The summed E-state index contributed by atoms with van der Waals surface area (Å²) in [5.74, 6) is -0.315. The van der Waals surface area contributed by atoms with Crippen molar-refractivity contribution in [2.75, 3.05) is 5.32 Å². The van der Waals surface area contributed by atoms with Crippen LogP contribution in [0, 0.1) is 6.92 Å². The lowest BCUT2D eigenvalue weighted by molar-refractivity contribution is 0.102. The Morgan fingerprint density at radius 3 is 2.80 bits per heavy atom. The highest BCUT2D eigenvalue weighted by molar-refractivity contribution is 9.10. The van der Waals surface area contributed by atoms with Crippen molar-refractivity contribution in [1.29, 1.82) is 0 Å². The number of carbonyl (C=O) groups is 1.